The average molecular weight is 452 g/mol. The van der Waals surface area contributed by atoms with Gasteiger partial charge in [-0.2, -0.15) is 5.10 Å². The van der Waals surface area contributed by atoms with Gasteiger partial charge in [-0.3, -0.25) is 14.5 Å². The molecular weight excluding hydrogens is 432 g/mol. The standard InChI is InChI=1S/C25H20N6O3/c1-3-34-21-9-10-26-24-22(21)31(25(32)29-24)15-7-8-19-16(12-15)23(33-2)18(13-27-19)17-14-28-30-11-5-4-6-20(17)30/h4-14H,3H2,1-2H3,(H,26,29,32). The minimum absolute atomic E-state index is 0.306. The fourth-order valence-corrected chi connectivity index (χ4v) is 4.37. The molecule has 168 valence electrons. The molecule has 0 saturated heterocycles. The van der Waals surface area contributed by atoms with Gasteiger partial charge in [0.2, 0.25) is 0 Å². The van der Waals surface area contributed by atoms with E-state index in [2.05, 4.69) is 20.1 Å². The lowest BCUT2D eigenvalue weighted by Gasteiger charge is -2.13. The molecule has 1 aromatic carbocycles. The molecule has 0 aliphatic rings. The number of hydrogen-bond acceptors (Lipinski definition) is 6. The maximum absolute atomic E-state index is 12.9. The first-order valence-corrected chi connectivity index (χ1v) is 10.8. The number of nitrogens with one attached hydrogen (secondary N) is 1. The zero-order valence-electron chi connectivity index (χ0n) is 18.5. The van der Waals surface area contributed by atoms with Crippen molar-refractivity contribution in [1.29, 1.82) is 0 Å². The van der Waals surface area contributed by atoms with Gasteiger partial charge in [-0.1, -0.05) is 6.07 Å². The molecule has 0 saturated carbocycles. The molecule has 9 nitrogen and oxygen atoms in total. The van der Waals surface area contributed by atoms with E-state index in [-0.39, 0.29) is 5.69 Å². The van der Waals surface area contributed by atoms with Crippen LogP contribution in [-0.2, 0) is 0 Å². The number of aromatic nitrogens is 6. The summed E-state index contributed by atoms with van der Waals surface area (Å²) >= 11 is 0. The number of imidazole rings is 1. The Balaban J connectivity index is 1.61. The summed E-state index contributed by atoms with van der Waals surface area (Å²) in [5, 5.41) is 5.22. The number of hydrogen-bond donors (Lipinski definition) is 1. The van der Waals surface area contributed by atoms with Crippen LogP contribution in [0.4, 0.5) is 0 Å². The van der Waals surface area contributed by atoms with Crippen LogP contribution in [0.15, 0.2) is 72.0 Å². The van der Waals surface area contributed by atoms with Crippen LogP contribution >= 0.6 is 0 Å². The molecule has 0 aliphatic heterocycles. The highest BCUT2D eigenvalue weighted by Gasteiger charge is 2.19. The van der Waals surface area contributed by atoms with E-state index in [4.69, 9.17) is 9.47 Å². The van der Waals surface area contributed by atoms with E-state index in [9.17, 15) is 4.79 Å². The minimum atomic E-state index is -0.306. The van der Waals surface area contributed by atoms with E-state index in [1.54, 1.807) is 36.3 Å². The Morgan fingerprint density at radius 3 is 2.82 bits per heavy atom. The lowest BCUT2D eigenvalue weighted by atomic mass is 10.0. The lowest BCUT2D eigenvalue weighted by Crippen LogP contribution is -2.15. The number of H-pyrrole nitrogens is 1. The summed E-state index contributed by atoms with van der Waals surface area (Å²) in [6.45, 7) is 2.37. The number of nitrogens with zero attached hydrogens (tertiary/aromatic N) is 5. The van der Waals surface area contributed by atoms with Crippen LogP contribution in [0, 0.1) is 0 Å². The highest BCUT2D eigenvalue weighted by atomic mass is 16.5. The first-order valence-electron chi connectivity index (χ1n) is 10.8. The zero-order chi connectivity index (χ0) is 23.2. The summed E-state index contributed by atoms with van der Waals surface area (Å²) in [5.41, 5.74) is 4.80. The van der Waals surface area contributed by atoms with Crippen LogP contribution in [-0.4, -0.2) is 42.8 Å². The number of methoxy groups -OCH3 is 1. The van der Waals surface area contributed by atoms with Gasteiger partial charge < -0.3 is 9.47 Å². The number of aromatic amines is 1. The molecule has 0 atom stereocenters. The lowest BCUT2D eigenvalue weighted by molar-refractivity contribution is 0.343. The number of ether oxygens (including phenoxy) is 2. The maximum atomic E-state index is 12.9. The number of rotatable bonds is 5. The van der Waals surface area contributed by atoms with E-state index in [1.807, 2.05) is 54.0 Å². The van der Waals surface area contributed by atoms with Crippen LogP contribution in [0.1, 0.15) is 6.92 Å². The summed E-state index contributed by atoms with van der Waals surface area (Å²) in [6, 6.07) is 13.3. The molecule has 6 aromatic rings. The third kappa shape index (κ3) is 2.94. The summed E-state index contributed by atoms with van der Waals surface area (Å²) in [5.74, 6) is 1.23. The van der Waals surface area contributed by atoms with Crippen molar-refractivity contribution in [2.24, 2.45) is 0 Å². The van der Waals surface area contributed by atoms with Crippen LogP contribution < -0.4 is 15.2 Å². The number of pyridine rings is 3. The molecular formula is C25H20N6O3. The van der Waals surface area contributed by atoms with Gasteiger partial charge in [-0.25, -0.2) is 14.3 Å². The van der Waals surface area contributed by atoms with Gasteiger partial charge in [-0.15, -0.1) is 0 Å². The summed E-state index contributed by atoms with van der Waals surface area (Å²) in [7, 11) is 1.63. The quantitative estimate of drug-likeness (QED) is 0.425. The fourth-order valence-electron chi connectivity index (χ4n) is 4.37. The smallest absolute Gasteiger partial charge is 0.332 e. The third-order valence-corrected chi connectivity index (χ3v) is 5.82. The first-order chi connectivity index (χ1) is 16.7. The normalized spacial score (nSPS) is 11.5. The van der Waals surface area contributed by atoms with Crippen LogP contribution in [0.25, 0.3) is 44.4 Å². The Hall–Kier alpha value is -4.66. The highest BCUT2D eigenvalue weighted by molar-refractivity contribution is 5.96. The molecule has 0 aliphatic carbocycles. The second-order valence-corrected chi connectivity index (χ2v) is 7.70. The van der Waals surface area contributed by atoms with E-state index in [1.165, 1.54) is 0 Å². The van der Waals surface area contributed by atoms with Gasteiger partial charge in [0.25, 0.3) is 0 Å². The molecule has 0 radical (unpaired) electrons. The van der Waals surface area contributed by atoms with Gasteiger partial charge in [0.15, 0.2) is 5.65 Å². The van der Waals surface area contributed by atoms with E-state index < -0.39 is 0 Å². The van der Waals surface area contributed by atoms with Crippen LogP contribution in [0.5, 0.6) is 11.5 Å². The minimum Gasteiger partial charge on any atom is -0.495 e. The van der Waals surface area contributed by atoms with Gasteiger partial charge in [-0.05, 0) is 37.3 Å². The van der Waals surface area contributed by atoms with E-state index in [0.717, 1.165) is 27.5 Å². The Bertz CT molecular complexity index is 1750. The molecule has 0 unspecified atom stereocenters. The third-order valence-electron chi connectivity index (χ3n) is 5.82. The van der Waals surface area contributed by atoms with Gasteiger partial charge in [0.05, 0.1) is 36.6 Å². The van der Waals surface area contributed by atoms with E-state index in [0.29, 0.717) is 35.0 Å². The zero-order valence-corrected chi connectivity index (χ0v) is 18.5. The molecule has 6 rings (SSSR count). The molecule has 0 fully saturated rings. The SMILES string of the molecule is CCOc1ccnc2[nH]c(=O)n(-c3ccc4ncc(-c5cnn6ccccc56)c(OC)c4c3)c12. The van der Waals surface area contributed by atoms with Crippen molar-refractivity contribution in [2.75, 3.05) is 13.7 Å². The summed E-state index contributed by atoms with van der Waals surface area (Å²) < 4.78 is 15.0. The van der Waals surface area contributed by atoms with Crippen molar-refractivity contribution in [3.8, 4) is 28.3 Å². The van der Waals surface area contributed by atoms with Gasteiger partial charge >= 0.3 is 5.69 Å². The largest absolute Gasteiger partial charge is 0.495 e. The van der Waals surface area contributed by atoms with Crippen molar-refractivity contribution in [3.63, 3.8) is 0 Å². The highest BCUT2D eigenvalue weighted by Crippen LogP contribution is 2.38. The van der Waals surface area contributed by atoms with Crippen LogP contribution in [0.3, 0.4) is 0 Å². The Morgan fingerprint density at radius 2 is 1.97 bits per heavy atom. The summed E-state index contributed by atoms with van der Waals surface area (Å²) in [6.07, 6.45) is 7.10. The van der Waals surface area contributed by atoms with Crippen molar-refractivity contribution >= 4 is 27.6 Å². The van der Waals surface area contributed by atoms with Crippen molar-refractivity contribution in [3.05, 3.63) is 77.7 Å². The average Bonchev–Trinajstić information content (AvgIpc) is 3.44. The molecule has 0 amide bonds. The molecule has 5 heterocycles. The second-order valence-electron chi connectivity index (χ2n) is 7.70. The molecule has 34 heavy (non-hydrogen) atoms. The predicted molar refractivity (Wildman–Crippen MR) is 129 cm³/mol. The second kappa shape index (κ2) is 7.73. The Kier molecular flexibility index (Phi) is 4.54. The van der Waals surface area contributed by atoms with Crippen LogP contribution in [0.2, 0.25) is 0 Å². The maximum Gasteiger partial charge on any atom is 0.332 e. The molecule has 5 aromatic heterocycles. The molecule has 0 spiro atoms. The van der Waals surface area contributed by atoms with E-state index >= 15 is 0 Å². The monoisotopic (exact) mass is 452 g/mol. The fraction of sp³-hybridized carbons (Fsp3) is 0.120. The Labute approximate surface area is 193 Å². The van der Waals surface area contributed by atoms with Gasteiger partial charge in [0, 0.05) is 41.2 Å². The Morgan fingerprint density at radius 1 is 1.06 bits per heavy atom. The number of fused-ring (bicyclic) bond motifs is 3. The molecule has 0 bridgehead atoms. The molecule has 1 N–H and O–H groups in total. The predicted octanol–water partition coefficient (Wildman–Crippen LogP) is 3.98. The van der Waals surface area contributed by atoms with Crippen molar-refractivity contribution in [1.82, 2.24) is 29.1 Å². The number of benzene rings is 1. The first kappa shape index (κ1) is 20.0. The van der Waals surface area contributed by atoms with Crippen molar-refractivity contribution < 1.29 is 9.47 Å². The van der Waals surface area contributed by atoms with Gasteiger partial charge in [0.1, 0.15) is 17.0 Å². The van der Waals surface area contributed by atoms with Crippen molar-refractivity contribution in [2.45, 2.75) is 6.92 Å². The topological polar surface area (TPSA) is 99.3 Å². The molecule has 9 heteroatoms. The summed E-state index contributed by atoms with van der Waals surface area (Å²) in [4.78, 5) is 24.7.